The Balaban J connectivity index is 1.81. The van der Waals surface area contributed by atoms with Crippen LogP contribution in [0.3, 0.4) is 0 Å². The number of hydrogen-bond donors (Lipinski definition) is 1. The fourth-order valence-corrected chi connectivity index (χ4v) is 3.37. The van der Waals surface area contributed by atoms with Crippen molar-refractivity contribution in [2.24, 2.45) is 5.92 Å². The van der Waals surface area contributed by atoms with Crippen LogP contribution in [0, 0.1) is 5.92 Å². The molecule has 2 heterocycles. The van der Waals surface area contributed by atoms with E-state index in [0.29, 0.717) is 10.4 Å². The monoisotopic (exact) mass is 368 g/mol. The molecule has 2 aromatic heterocycles. The summed E-state index contributed by atoms with van der Waals surface area (Å²) < 4.78 is 2.10. The van der Waals surface area contributed by atoms with E-state index < -0.39 is 0 Å². The van der Waals surface area contributed by atoms with E-state index in [-0.39, 0.29) is 11.6 Å². The topological polar surface area (TPSA) is 59.8 Å². The van der Waals surface area contributed by atoms with Crippen molar-refractivity contribution >= 4 is 33.0 Å². The number of aromatic nitrogens is 3. The van der Waals surface area contributed by atoms with Gasteiger partial charge in [0, 0.05) is 18.1 Å². The number of hydrogen-bond acceptors (Lipinski definition) is 5. The van der Waals surface area contributed by atoms with E-state index in [2.05, 4.69) is 38.3 Å². The number of halogens is 1. The highest BCUT2D eigenvalue weighted by molar-refractivity contribution is 9.10. The molecule has 21 heavy (non-hydrogen) atoms. The van der Waals surface area contributed by atoms with E-state index in [1.807, 2.05) is 5.38 Å². The van der Waals surface area contributed by atoms with E-state index in [1.54, 1.807) is 28.4 Å². The Morgan fingerprint density at radius 3 is 3.00 bits per heavy atom. The zero-order valence-electron chi connectivity index (χ0n) is 11.8. The molecule has 0 spiro atoms. The zero-order chi connectivity index (χ0) is 14.8. The number of nitrogens with zero attached hydrogens (tertiary/aromatic N) is 3. The van der Waals surface area contributed by atoms with E-state index in [4.69, 9.17) is 0 Å². The smallest absolute Gasteiger partial charge is 0.283 e. The van der Waals surface area contributed by atoms with Gasteiger partial charge in [0.15, 0.2) is 0 Å². The molecule has 1 saturated carbocycles. The van der Waals surface area contributed by atoms with Gasteiger partial charge in [0.1, 0.15) is 9.48 Å². The number of nitrogens with one attached hydrogen (secondary N) is 1. The van der Waals surface area contributed by atoms with Crippen molar-refractivity contribution in [2.75, 3.05) is 5.32 Å². The molecular weight excluding hydrogens is 352 g/mol. The van der Waals surface area contributed by atoms with Crippen LogP contribution in [0.4, 0.5) is 5.69 Å². The van der Waals surface area contributed by atoms with Crippen molar-refractivity contribution < 1.29 is 0 Å². The van der Waals surface area contributed by atoms with Crippen LogP contribution in [0.1, 0.15) is 37.2 Å². The molecule has 0 amide bonds. The van der Waals surface area contributed by atoms with Crippen molar-refractivity contribution in [1.82, 2.24) is 14.8 Å². The lowest BCUT2D eigenvalue weighted by Crippen LogP contribution is -2.25. The van der Waals surface area contributed by atoms with Crippen LogP contribution in [0.2, 0.25) is 0 Å². The Morgan fingerprint density at radius 1 is 1.57 bits per heavy atom. The van der Waals surface area contributed by atoms with Gasteiger partial charge in [-0.1, -0.05) is 6.92 Å². The molecule has 0 bridgehead atoms. The summed E-state index contributed by atoms with van der Waals surface area (Å²) in [5.74, 6) is 0.625. The normalized spacial score (nSPS) is 15.9. The van der Waals surface area contributed by atoms with Crippen molar-refractivity contribution in [3.63, 3.8) is 0 Å². The van der Waals surface area contributed by atoms with Crippen molar-refractivity contribution in [3.05, 3.63) is 37.6 Å². The minimum absolute atomic E-state index is 0.0686. The summed E-state index contributed by atoms with van der Waals surface area (Å²) in [5.41, 5.74) is 0.662. The molecular formula is C14H17BrN4OS. The maximum absolute atomic E-state index is 12.3. The highest BCUT2D eigenvalue weighted by atomic mass is 79.9. The van der Waals surface area contributed by atoms with Gasteiger partial charge in [-0.2, -0.15) is 5.10 Å². The van der Waals surface area contributed by atoms with Crippen LogP contribution < -0.4 is 10.9 Å². The van der Waals surface area contributed by atoms with Crippen LogP contribution in [-0.2, 0) is 6.54 Å². The summed E-state index contributed by atoms with van der Waals surface area (Å²) in [6, 6.07) is 0.0989. The van der Waals surface area contributed by atoms with Crippen LogP contribution in [-0.4, -0.2) is 14.8 Å². The Labute approximate surface area is 135 Å². The maximum Gasteiger partial charge on any atom is 0.283 e. The molecule has 1 aliphatic carbocycles. The van der Waals surface area contributed by atoms with Crippen molar-refractivity contribution in [2.45, 2.75) is 38.8 Å². The van der Waals surface area contributed by atoms with E-state index in [1.165, 1.54) is 12.8 Å². The Kier molecular flexibility index (Phi) is 4.40. The van der Waals surface area contributed by atoms with Crippen molar-refractivity contribution in [3.8, 4) is 0 Å². The van der Waals surface area contributed by atoms with Crippen molar-refractivity contribution in [1.29, 1.82) is 0 Å². The van der Waals surface area contributed by atoms with Gasteiger partial charge in [-0.3, -0.25) is 4.79 Å². The summed E-state index contributed by atoms with van der Waals surface area (Å²) in [6.45, 7) is 2.82. The second kappa shape index (κ2) is 6.27. The fourth-order valence-electron chi connectivity index (χ4n) is 2.17. The molecule has 1 atom stereocenters. The van der Waals surface area contributed by atoms with Crippen LogP contribution >= 0.6 is 27.3 Å². The lowest BCUT2D eigenvalue weighted by Gasteiger charge is -2.17. The first-order chi connectivity index (χ1) is 10.2. The quantitative estimate of drug-likeness (QED) is 0.848. The van der Waals surface area contributed by atoms with Gasteiger partial charge >= 0.3 is 0 Å². The highest BCUT2D eigenvalue weighted by Crippen LogP contribution is 2.30. The summed E-state index contributed by atoms with van der Waals surface area (Å²) in [6.07, 6.45) is 6.82. The molecule has 2 aromatic rings. The van der Waals surface area contributed by atoms with Gasteiger partial charge in [0.05, 0.1) is 17.9 Å². The standard InChI is InChI=1S/C14H17BrN4OS/c1-2-10(13-16-5-6-21-13)18-11-7-17-19(8-9-3-4-9)14(20)12(11)15/h5-7,9-10,18H,2-4,8H2,1H3. The molecule has 0 saturated heterocycles. The summed E-state index contributed by atoms with van der Waals surface area (Å²) in [5, 5.41) is 10.6. The predicted octanol–water partition coefficient (Wildman–Crippen LogP) is 3.44. The first-order valence-electron chi connectivity index (χ1n) is 7.10. The van der Waals surface area contributed by atoms with Gasteiger partial charge in [0.2, 0.25) is 0 Å². The summed E-state index contributed by atoms with van der Waals surface area (Å²) in [4.78, 5) is 16.6. The average molecular weight is 369 g/mol. The highest BCUT2D eigenvalue weighted by Gasteiger charge is 2.23. The first kappa shape index (κ1) is 14.7. The van der Waals surface area contributed by atoms with Crippen LogP contribution in [0.15, 0.2) is 27.0 Å². The molecule has 5 nitrogen and oxygen atoms in total. The van der Waals surface area contributed by atoms with Gasteiger partial charge < -0.3 is 5.32 Å². The Hall–Kier alpha value is -1.21. The average Bonchev–Trinajstić information content (AvgIpc) is 3.14. The lowest BCUT2D eigenvalue weighted by molar-refractivity contribution is 0.531. The van der Waals surface area contributed by atoms with Gasteiger partial charge in [-0.25, -0.2) is 9.67 Å². The fraction of sp³-hybridized carbons (Fsp3) is 0.500. The Morgan fingerprint density at radius 2 is 2.38 bits per heavy atom. The van der Waals surface area contributed by atoms with Crippen LogP contribution in [0.5, 0.6) is 0 Å². The minimum atomic E-state index is -0.0686. The predicted molar refractivity (Wildman–Crippen MR) is 87.7 cm³/mol. The van der Waals surface area contributed by atoms with E-state index in [0.717, 1.165) is 23.7 Å². The van der Waals surface area contributed by atoms with Gasteiger partial charge in [0.25, 0.3) is 5.56 Å². The Bertz CT molecular complexity index is 666. The molecule has 0 aliphatic heterocycles. The molecule has 0 radical (unpaired) electrons. The molecule has 1 N–H and O–H groups in total. The largest absolute Gasteiger partial charge is 0.373 e. The first-order valence-corrected chi connectivity index (χ1v) is 8.77. The maximum atomic E-state index is 12.3. The molecule has 1 unspecified atom stereocenters. The molecule has 3 rings (SSSR count). The molecule has 1 fully saturated rings. The minimum Gasteiger partial charge on any atom is -0.373 e. The lowest BCUT2D eigenvalue weighted by atomic mass is 10.2. The zero-order valence-corrected chi connectivity index (χ0v) is 14.2. The number of anilines is 1. The summed E-state index contributed by atoms with van der Waals surface area (Å²) in [7, 11) is 0. The molecule has 112 valence electrons. The van der Waals surface area contributed by atoms with Gasteiger partial charge in [-0.05, 0) is 41.1 Å². The third-order valence-electron chi connectivity index (χ3n) is 3.60. The summed E-state index contributed by atoms with van der Waals surface area (Å²) >= 11 is 5.02. The second-order valence-corrected chi connectivity index (χ2v) is 7.00. The number of rotatable bonds is 6. The third-order valence-corrected chi connectivity index (χ3v) is 5.26. The SMILES string of the molecule is CCC(Nc1cnn(CC2CC2)c(=O)c1Br)c1nccs1. The molecule has 0 aromatic carbocycles. The van der Waals surface area contributed by atoms with E-state index >= 15 is 0 Å². The molecule has 1 aliphatic rings. The van der Waals surface area contributed by atoms with Gasteiger partial charge in [-0.15, -0.1) is 11.3 Å². The molecule has 7 heteroatoms. The van der Waals surface area contributed by atoms with Crippen LogP contribution in [0.25, 0.3) is 0 Å². The second-order valence-electron chi connectivity index (χ2n) is 5.28. The van der Waals surface area contributed by atoms with E-state index in [9.17, 15) is 4.79 Å². The third kappa shape index (κ3) is 3.35. The number of thiazole rings is 1.